The van der Waals surface area contributed by atoms with Crippen molar-refractivity contribution in [3.8, 4) is 5.75 Å². The maximum Gasteiger partial charge on any atom is 0.221 e. The summed E-state index contributed by atoms with van der Waals surface area (Å²) < 4.78 is 12.8. The fourth-order valence-electron chi connectivity index (χ4n) is 12.5. The largest absolute Gasteiger partial charge is 0.494 e. The molecule has 0 aliphatic carbocycles. The lowest BCUT2D eigenvalue weighted by molar-refractivity contribution is -0.431. The van der Waals surface area contributed by atoms with Gasteiger partial charge in [-0.1, -0.05) is 72.8 Å². The first-order chi connectivity index (χ1) is 39.2. The Morgan fingerprint density at radius 1 is 0.350 bits per heavy atom. The molecule has 3 aliphatic rings. The summed E-state index contributed by atoms with van der Waals surface area (Å²) in [6, 6.07) is 74.8. The molecule has 0 aromatic heterocycles. The fraction of sp³-hybridized carbons (Fsp3) is 0.219. The third-order valence-corrected chi connectivity index (χ3v) is 16.5. The normalized spacial score (nSPS) is 12.8. The van der Waals surface area contributed by atoms with Crippen LogP contribution < -0.4 is 19.4 Å². The van der Waals surface area contributed by atoms with E-state index in [1.54, 1.807) is 0 Å². The summed E-state index contributed by atoms with van der Waals surface area (Å²) in [5.41, 5.74) is 20.6. The first kappa shape index (κ1) is 53.2. The average molecular weight is 1050 g/mol. The lowest BCUT2D eigenvalue weighted by atomic mass is 9.98. The maximum atomic E-state index is 5.56. The van der Waals surface area contributed by atoms with Crippen LogP contribution in [0.2, 0.25) is 0 Å². The van der Waals surface area contributed by atoms with Crippen LogP contribution in [-0.2, 0) is 0 Å². The Morgan fingerprint density at radius 3 is 1.05 bits per heavy atom. The predicted molar refractivity (Wildman–Crippen MR) is 340 cm³/mol. The number of ether oxygens (including phenoxy) is 1. The first-order valence-electron chi connectivity index (χ1n) is 29.0. The lowest BCUT2D eigenvalue weighted by Crippen LogP contribution is -2.22. The minimum atomic E-state index is 0.682. The lowest BCUT2D eigenvalue weighted by Gasteiger charge is -2.21. The molecule has 0 unspecified atom stereocenters. The van der Waals surface area contributed by atoms with Gasteiger partial charge in [0.2, 0.25) is 34.2 Å². The molecule has 3 heterocycles. The van der Waals surface area contributed by atoms with Crippen molar-refractivity contribution in [3.63, 3.8) is 0 Å². The first-order valence-corrected chi connectivity index (χ1v) is 29.0. The highest BCUT2D eigenvalue weighted by atomic mass is 16.5. The van der Waals surface area contributed by atoms with Gasteiger partial charge < -0.3 is 19.4 Å². The number of hydrogen-bond donors (Lipinski definition) is 0. The van der Waals surface area contributed by atoms with Crippen molar-refractivity contribution in [3.05, 3.63) is 240 Å². The van der Waals surface area contributed by atoms with E-state index in [2.05, 4.69) is 278 Å². The van der Waals surface area contributed by atoms with Gasteiger partial charge in [-0.2, -0.15) is 13.7 Å². The second kappa shape index (κ2) is 23.3. The van der Waals surface area contributed by atoms with E-state index in [0.717, 1.165) is 56.4 Å². The van der Waals surface area contributed by atoms with Crippen LogP contribution in [0.4, 0.5) is 39.8 Å². The fourth-order valence-corrected chi connectivity index (χ4v) is 12.5. The molecule has 0 N–H and O–H groups in total. The number of nitrogens with zero attached hydrogens (tertiary/aromatic N) is 6. The van der Waals surface area contributed by atoms with E-state index >= 15 is 0 Å². The van der Waals surface area contributed by atoms with Crippen LogP contribution in [-0.4, -0.2) is 90.8 Å². The van der Waals surface area contributed by atoms with Gasteiger partial charge in [0.05, 0.1) is 39.5 Å². The number of hydrogen-bond acceptors (Lipinski definition) is 4. The summed E-state index contributed by atoms with van der Waals surface area (Å²) in [6.07, 6.45) is 0. The van der Waals surface area contributed by atoms with E-state index in [1.807, 2.05) is 19.1 Å². The van der Waals surface area contributed by atoms with Crippen molar-refractivity contribution in [2.75, 3.05) is 74.7 Å². The molecule has 0 saturated heterocycles. The summed E-state index contributed by atoms with van der Waals surface area (Å²) in [5.74, 6) is 0.904. The van der Waals surface area contributed by atoms with Crippen LogP contribution in [0.25, 0.3) is 32.3 Å². The van der Waals surface area contributed by atoms with Gasteiger partial charge in [-0.15, -0.1) is 0 Å². The second-order valence-electron chi connectivity index (χ2n) is 20.6. The highest BCUT2D eigenvalue weighted by Gasteiger charge is 2.34. The van der Waals surface area contributed by atoms with Gasteiger partial charge in [-0.3, -0.25) is 0 Å². The maximum absolute atomic E-state index is 5.56. The van der Waals surface area contributed by atoms with Crippen LogP contribution in [0.5, 0.6) is 5.75 Å². The molecular weight excluding hydrogens is 977 g/mol. The monoisotopic (exact) mass is 1050 g/mol. The van der Waals surface area contributed by atoms with Crippen molar-refractivity contribution in [1.82, 2.24) is 0 Å². The van der Waals surface area contributed by atoms with E-state index in [0.29, 0.717) is 6.61 Å². The number of rotatable bonds is 15. The topological polar surface area (TPSA) is 28.0 Å². The highest BCUT2D eigenvalue weighted by Crippen LogP contribution is 2.40. The van der Waals surface area contributed by atoms with Gasteiger partial charge in [-0.25, -0.2) is 0 Å². The van der Waals surface area contributed by atoms with Gasteiger partial charge in [0.15, 0.2) is 0 Å². The molecule has 0 bridgehead atoms. The van der Waals surface area contributed by atoms with Gasteiger partial charge in [-0.05, 0) is 180 Å². The molecule has 400 valence electrons. The average Bonchev–Trinajstić information content (AvgIpc) is 4.14. The zero-order chi connectivity index (χ0) is 55.4. The zero-order valence-corrected chi connectivity index (χ0v) is 48.2. The van der Waals surface area contributed by atoms with Crippen molar-refractivity contribution >= 4 is 89.3 Å². The molecule has 0 saturated carbocycles. The minimum Gasteiger partial charge on any atom is -0.494 e. The van der Waals surface area contributed by atoms with E-state index in [4.69, 9.17) is 4.74 Å². The summed E-state index contributed by atoms with van der Waals surface area (Å²) in [6.45, 7) is 22.0. The van der Waals surface area contributed by atoms with E-state index in [9.17, 15) is 0 Å². The molecule has 10 aromatic carbocycles. The molecule has 0 atom stereocenters. The second-order valence-corrected chi connectivity index (χ2v) is 20.6. The van der Waals surface area contributed by atoms with Crippen LogP contribution in [0.15, 0.2) is 206 Å². The van der Waals surface area contributed by atoms with Crippen molar-refractivity contribution in [2.24, 2.45) is 0 Å². The molecule has 10 aromatic rings. The molecule has 0 fully saturated rings. The summed E-state index contributed by atoms with van der Waals surface area (Å²) >= 11 is 0. The molecule has 0 amide bonds. The molecule has 0 radical (unpaired) electrons. The highest BCUT2D eigenvalue weighted by molar-refractivity contribution is 6.24. The SMILES string of the molecule is CCN(CC)c1ccc(C2=[N+](C)c3cccc4cccc2c34)cc1.CCN(CC)c1ccc(C2=[N+](CC)c3cccc4cccc2c34)cc1.CCOc1ccc(N(C)c2ccc(C3=[N+](CC)c4cccc5cccc3c45)cc2)cc1. The summed E-state index contributed by atoms with van der Waals surface area (Å²) in [5, 5.41) is 8.04. The number of anilines is 4. The van der Waals surface area contributed by atoms with Crippen LogP contribution in [0.1, 0.15) is 81.8 Å². The summed E-state index contributed by atoms with van der Waals surface area (Å²) in [4.78, 5) is 6.96. The Kier molecular flexibility index (Phi) is 15.5. The van der Waals surface area contributed by atoms with Crippen LogP contribution >= 0.6 is 0 Å². The van der Waals surface area contributed by atoms with Gasteiger partial charge in [0.25, 0.3) is 0 Å². The molecule has 13 rings (SSSR count). The molecule has 7 nitrogen and oxygen atoms in total. The Bertz CT molecular complexity index is 3960. The molecule has 0 spiro atoms. The van der Waals surface area contributed by atoms with E-state index < -0.39 is 0 Å². The summed E-state index contributed by atoms with van der Waals surface area (Å²) in [7, 11) is 4.27. The van der Waals surface area contributed by atoms with Gasteiger partial charge >= 0.3 is 0 Å². The van der Waals surface area contributed by atoms with Crippen LogP contribution in [0.3, 0.4) is 0 Å². The van der Waals surface area contributed by atoms with E-state index in [1.165, 1.54) is 111 Å². The van der Waals surface area contributed by atoms with Crippen molar-refractivity contribution in [2.45, 2.75) is 48.5 Å². The van der Waals surface area contributed by atoms with E-state index in [-0.39, 0.29) is 0 Å². The third-order valence-electron chi connectivity index (χ3n) is 16.5. The Morgan fingerprint density at radius 2 is 0.675 bits per heavy atom. The van der Waals surface area contributed by atoms with Gasteiger partial charge in [0, 0.05) is 90.9 Å². The third kappa shape index (κ3) is 9.69. The molecular formula is C73H75N6O+3. The quantitative estimate of drug-likeness (QED) is 0.0957. The Balaban J connectivity index is 0.000000128. The molecule has 80 heavy (non-hydrogen) atoms. The predicted octanol–water partition coefficient (Wildman–Crippen LogP) is 16.5. The van der Waals surface area contributed by atoms with Gasteiger partial charge in [0.1, 0.15) is 25.9 Å². The Hall–Kier alpha value is -8.81. The molecule has 7 heteroatoms. The van der Waals surface area contributed by atoms with Crippen molar-refractivity contribution in [1.29, 1.82) is 0 Å². The standard InChI is InChI=1S/C28H27N2O.C23H25N2.C22H23N2/c1-4-30-26-11-7-9-20-8-6-10-25(27(20)26)28(30)21-12-14-22(15-13-21)29(3)23-16-18-24(19-17-23)31-5-2;1-4-24(5-2)19-15-13-18(14-16-19)23-20-11-7-9-17-10-8-12-21(22(17)20)25(23)6-3;1-4-24(5-2)18-14-12-17(13-15-18)22-19-10-6-8-16-9-7-11-20(21(16)19)23(22)3/h6-19H,4-5H2,1-3H3;7-16H,4-6H2,1-3H3;6-15H,4-5H2,1-3H3/q3*+1. The smallest absolute Gasteiger partial charge is 0.221 e. The minimum absolute atomic E-state index is 0.682. The van der Waals surface area contributed by atoms with Crippen molar-refractivity contribution < 1.29 is 18.5 Å². The number of benzene rings is 10. The Labute approximate surface area is 473 Å². The zero-order valence-electron chi connectivity index (χ0n) is 48.2. The van der Waals surface area contributed by atoms with Crippen LogP contribution in [0, 0.1) is 0 Å². The molecule has 3 aliphatic heterocycles.